The van der Waals surface area contributed by atoms with Gasteiger partial charge in [-0.3, -0.25) is 0 Å². The minimum absolute atomic E-state index is 0.368. The molecule has 2 aromatic carbocycles. The summed E-state index contributed by atoms with van der Waals surface area (Å²) in [6.45, 7) is 4.32. The molecule has 0 aliphatic heterocycles. The molecular weight excluding hydrogens is 236 g/mol. The quantitative estimate of drug-likeness (QED) is 0.852. The molecule has 0 fully saturated rings. The van der Waals surface area contributed by atoms with E-state index in [0.717, 1.165) is 22.4 Å². The van der Waals surface area contributed by atoms with E-state index < -0.39 is 0 Å². The summed E-state index contributed by atoms with van der Waals surface area (Å²) in [5.74, 6) is 0.760. The Bertz CT molecular complexity index is 642. The number of nitrogen functional groups attached to an aromatic ring is 1. The number of hydrogen-bond donors (Lipinski definition) is 1. The van der Waals surface area contributed by atoms with E-state index in [1.165, 1.54) is 0 Å². The van der Waals surface area contributed by atoms with Crippen molar-refractivity contribution in [1.29, 1.82) is 5.26 Å². The third-order valence-electron chi connectivity index (χ3n) is 3.08. The minimum Gasteiger partial charge on any atom is -0.489 e. The number of rotatable bonds is 3. The Morgan fingerprint density at radius 1 is 1.16 bits per heavy atom. The van der Waals surface area contributed by atoms with Gasteiger partial charge in [0.1, 0.15) is 12.4 Å². The lowest BCUT2D eigenvalue weighted by molar-refractivity contribution is 0.304. The van der Waals surface area contributed by atoms with Gasteiger partial charge in [-0.15, -0.1) is 0 Å². The SMILES string of the molecule is Cc1cc(C)c(OCc2ccccc2C#N)cc1N. The van der Waals surface area contributed by atoms with Crippen molar-refractivity contribution < 1.29 is 4.74 Å². The van der Waals surface area contributed by atoms with Gasteiger partial charge in [0, 0.05) is 17.3 Å². The second-order valence-corrected chi connectivity index (χ2v) is 4.53. The Morgan fingerprint density at radius 3 is 2.63 bits per heavy atom. The molecule has 0 unspecified atom stereocenters. The highest BCUT2D eigenvalue weighted by atomic mass is 16.5. The van der Waals surface area contributed by atoms with Crippen LogP contribution < -0.4 is 10.5 Å². The van der Waals surface area contributed by atoms with E-state index in [0.29, 0.717) is 17.9 Å². The summed E-state index contributed by atoms with van der Waals surface area (Å²) in [5, 5.41) is 9.03. The molecule has 0 aliphatic carbocycles. The van der Waals surface area contributed by atoms with Crippen molar-refractivity contribution in [3.8, 4) is 11.8 Å². The second-order valence-electron chi connectivity index (χ2n) is 4.53. The molecule has 3 heteroatoms. The molecule has 0 aliphatic rings. The largest absolute Gasteiger partial charge is 0.489 e. The zero-order chi connectivity index (χ0) is 13.8. The third-order valence-corrected chi connectivity index (χ3v) is 3.08. The summed E-state index contributed by atoms with van der Waals surface area (Å²) in [6.07, 6.45) is 0. The van der Waals surface area contributed by atoms with Gasteiger partial charge in [-0.1, -0.05) is 24.3 Å². The number of aryl methyl sites for hydroxylation is 2. The lowest BCUT2D eigenvalue weighted by Crippen LogP contribution is -2.01. The number of benzene rings is 2. The first-order chi connectivity index (χ1) is 9.11. The fraction of sp³-hybridized carbons (Fsp3) is 0.188. The molecule has 0 aromatic heterocycles. The van der Waals surface area contributed by atoms with E-state index in [9.17, 15) is 0 Å². The normalized spacial score (nSPS) is 9.95. The molecule has 0 atom stereocenters. The van der Waals surface area contributed by atoms with Gasteiger partial charge in [-0.2, -0.15) is 5.26 Å². The van der Waals surface area contributed by atoms with Crippen LogP contribution >= 0.6 is 0 Å². The van der Waals surface area contributed by atoms with Gasteiger partial charge in [0.25, 0.3) is 0 Å². The summed E-state index contributed by atoms with van der Waals surface area (Å²) in [6, 6.07) is 13.4. The fourth-order valence-electron chi connectivity index (χ4n) is 1.91. The van der Waals surface area contributed by atoms with Crippen molar-refractivity contribution in [2.24, 2.45) is 0 Å². The monoisotopic (exact) mass is 252 g/mol. The summed E-state index contributed by atoms with van der Waals surface area (Å²) < 4.78 is 5.77. The van der Waals surface area contributed by atoms with Crippen molar-refractivity contribution in [3.63, 3.8) is 0 Å². The highest BCUT2D eigenvalue weighted by Gasteiger charge is 2.06. The topological polar surface area (TPSA) is 59.0 Å². The molecule has 0 amide bonds. The Labute approximate surface area is 113 Å². The van der Waals surface area contributed by atoms with Gasteiger partial charge in [0.05, 0.1) is 11.6 Å². The Balaban J connectivity index is 2.20. The molecule has 0 radical (unpaired) electrons. The smallest absolute Gasteiger partial charge is 0.124 e. The molecular formula is C16H16N2O. The summed E-state index contributed by atoms with van der Waals surface area (Å²) >= 11 is 0. The van der Waals surface area contributed by atoms with Gasteiger partial charge in [-0.05, 0) is 31.0 Å². The van der Waals surface area contributed by atoms with E-state index >= 15 is 0 Å². The lowest BCUT2D eigenvalue weighted by atomic mass is 10.1. The number of nitriles is 1. The van der Waals surface area contributed by atoms with Crippen LogP contribution in [0, 0.1) is 25.2 Å². The van der Waals surface area contributed by atoms with Crippen LogP contribution in [-0.4, -0.2) is 0 Å². The Hall–Kier alpha value is -2.47. The molecule has 2 aromatic rings. The predicted molar refractivity (Wildman–Crippen MR) is 75.8 cm³/mol. The molecule has 0 heterocycles. The van der Waals surface area contributed by atoms with Crippen LogP contribution in [0.5, 0.6) is 5.75 Å². The van der Waals surface area contributed by atoms with Crippen LogP contribution in [0.1, 0.15) is 22.3 Å². The lowest BCUT2D eigenvalue weighted by Gasteiger charge is -2.12. The first-order valence-corrected chi connectivity index (χ1v) is 6.09. The van der Waals surface area contributed by atoms with E-state index in [1.54, 1.807) is 6.07 Å². The highest BCUT2D eigenvalue weighted by Crippen LogP contribution is 2.25. The van der Waals surface area contributed by atoms with Gasteiger partial charge in [-0.25, -0.2) is 0 Å². The van der Waals surface area contributed by atoms with Crippen LogP contribution in [0.2, 0.25) is 0 Å². The maximum atomic E-state index is 9.03. The van der Waals surface area contributed by atoms with E-state index in [4.69, 9.17) is 15.7 Å². The first-order valence-electron chi connectivity index (χ1n) is 6.09. The van der Waals surface area contributed by atoms with Crippen LogP contribution in [0.4, 0.5) is 5.69 Å². The van der Waals surface area contributed by atoms with Crippen molar-refractivity contribution in [3.05, 3.63) is 58.7 Å². The number of hydrogen-bond acceptors (Lipinski definition) is 3. The van der Waals surface area contributed by atoms with Gasteiger partial charge in [0.2, 0.25) is 0 Å². The number of nitrogens with two attached hydrogens (primary N) is 1. The van der Waals surface area contributed by atoms with Crippen molar-refractivity contribution in [1.82, 2.24) is 0 Å². The third kappa shape index (κ3) is 2.86. The molecule has 96 valence electrons. The predicted octanol–water partition coefficient (Wildman–Crippen LogP) is 3.34. The van der Waals surface area contributed by atoms with Crippen LogP contribution in [0.15, 0.2) is 36.4 Å². The molecule has 0 bridgehead atoms. The molecule has 0 spiro atoms. The summed E-state index contributed by atoms with van der Waals surface area (Å²) in [4.78, 5) is 0. The van der Waals surface area contributed by atoms with Gasteiger partial charge >= 0.3 is 0 Å². The molecule has 0 saturated carbocycles. The molecule has 2 rings (SSSR count). The maximum absolute atomic E-state index is 9.03. The first kappa shape index (κ1) is 13.0. The zero-order valence-corrected chi connectivity index (χ0v) is 11.1. The van der Waals surface area contributed by atoms with Gasteiger partial charge in [0.15, 0.2) is 0 Å². The molecule has 2 N–H and O–H groups in total. The zero-order valence-electron chi connectivity index (χ0n) is 11.1. The Kier molecular flexibility index (Phi) is 3.72. The second kappa shape index (κ2) is 5.45. The van der Waals surface area contributed by atoms with Crippen LogP contribution in [-0.2, 0) is 6.61 Å². The van der Waals surface area contributed by atoms with Crippen molar-refractivity contribution in [2.45, 2.75) is 20.5 Å². The van der Waals surface area contributed by atoms with E-state index in [-0.39, 0.29) is 0 Å². The highest BCUT2D eigenvalue weighted by molar-refractivity contribution is 5.54. The van der Waals surface area contributed by atoms with Crippen molar-refractivity contribution >= 4 is 5.69 Å². The fourth-order valence-corrected chi connectivity index (χ4v) is 1.91. The number of nitrogens with zero attached hydrogens (tertiary/aromatic N) is 1. The van der Waals surface area contributed by atoms with Gasteiger partial charge < -0.3 is 10.5 Å². The molecule has 0 saturated heterocycles. The number of anilines is 1. The summed E-state index contributed by atoms with van der Waals surface area (Å²) in [7, 11) is 0. The Morgan fingerprint density at radius 2 is 1.89 bits per heavy atom. The van der Waals surface area contributed by atoms with Crippen LogP contribution in [0.3, 0.4) is 0 Å². The maximum Gasteiger partial charge on any atom is 0.124 e. The van der Waals surface area contributed by atoms with E-state index in [2.05, 4.69) is 6.07 Å². The average molecular weight is 252 g/mol. The minimum atomic E-state index is 0.368. The molecule has 19 heavy (non-hydrogen) atoms. The van der Waals surface area contributed by atoms with Crippen molar-refractivity contribution in [2.75, 3.05) is 5.73 Å². The summed E-state index contributed by atoms with van der Waals surface area (Å²) in [5.41, 5.74) is 10.2. The standard InChI is InChI=1S/C16H16N2O/c1-11-7-12(2)16(8-15(11)18)19-10-14-6-4-3-5-13(14)9-17/h3-8H,10,18H2,1-2H3. The average Bonchev–Trinajstić information content (AvgIpc) is 2.41. The number of ether oxygens (including phenoxy) is 1. The molecule has 3 nitrogen and oxygen atoms in total. The van der Waals surface area contributed by atoms with Crippen LogP contribution in [0.25, 0.3) is 0 Å². The van der Waals surface area contributed by atoms with E-state index in [1.807, 2.05) is 44.2 Å².